The van der Waals surface area contributed by atoms with Crippen molar-refractivity contribution >= 4 is 42.3 Å². The van der Waals surface area contributed by atoms with Crippen molar-refractivity contribution in [3.8, 4) is 56.2 Å². The average molecular weight is 617 g/mol. The Morgan fingerprint density at radius 1 is 0.362 bits per heavy atom. The van der Waals surface area contributed by atoms with E-state index in [9.17, 15) is 0 Å². The van der Waals surface area contributed by atoms with E-state index in [4.69, 9.17) is 9.97 Å². The highest BCUT2D eigenvalue weighted by atomic mass is 32.1. The van der Waals surface area contributed by atoms with Crippen molar-refractivity contribution in [2.45, 2.75) is 0 Å². The normalized spacial score (nSPS) is 11.4. The fourth-order valence-electron chi connectivity index (χ4n) is 6.60. The topological polar surface area (TPSA) is 25.8 Å². The quantitative estimate of drug-likeness (QED) is 0.192. The molecule has 0 spiro atoms. The summed E-state index contributed by atoms with van der Waals surface area (Å²) in [4.78, 5) is 10.5. The smallest absolute Gasteiger partial charge is 0.161 e. The average Bonchev–Trinajstić information content (AvgIpc) is 3.54. The van der Waals surface area contributed by atoms with Crippen LogP contribution in [0.1, 0.15) is 0 Å². The molecule has 2 heterocycles. The highest BCUT2D eigenvalue weighted by molar-refractivity contribution is 7.26. The Hall–Kier alpha value is -5.90. The van der Waals surface area contributed by atoms with E-state index in [1.165, 1.54) is 42.2 Å². The summed E-state index contributed by atoms with van der Waals surface area (Å²) in [5.41, 5.74) is 9.67. The molecule has 0 N–H and O–H groups in total. The van der Waals surface area contributed by atoms with Gasteiger partial charge in [-0.1, -0.05) is 140 Å². The van der Waals surface area contributed by atoms with E-state index >= 15 is 0 Å². The van der Waals surface area contributed by atoms with Crippen molar-refractivity contribution in [1.82, 2.24) is 9.97 Å². The summed E-state index contributed by atoms with van der Waals surface area (Å²) in [7, 11) is 0. The molecule has 0 aliphatic heterocycles. The summed E-state index contributed by atoms with van der Waals surface area (Å²) < 4.78 is 2.60. The summed E-state index contributed by atoms with van der Waals surface area (Å²) in [6.07, 6.45) is 0. The van der Waals surface area contributed by atoms with Crippen LogP contribution in [0.4, 0.5) is 0 Å². The summed E-state index contributed by atoms with van der Waals surface area (Å²) in [6, 6.07) is 60.3. The molecule has 0 saturated carbocycles. The van der Waals surface area contributed by atoms with Gasteiger partial charge in [0.2, 0.25) is 0 Å². The number of benzene rings is 7. The standard InChI is InChI=1S/C44H28N2S/c1-3-13-29(14-4-1)32-25-33(36-21-12-22-38-37-20-9-10-24-42(37)47-43(36)38)27-34(26-32)41-28-40(31-16-5-2-6-17-31)45-44(46-41)39-23-11-18-30-15-7-8-19-35(30)39/h1-28H. The van der Waals surface area contributed by atoms with Gasteiger partial charge in [-0.3, -0.25) is 0 Å². The number of hydrogen-bond acceptors (Lipinski definition) is 3. The lowest BCUT2D eigenvalue weighted by atomic mass is 9.94. The van der Waals surface area contributed by atoms with Crippen LogP contribution < -0.4 is 0 Å². The Labute approximate surface area is 277 Å². The zero-order valence-electron chi connectivity index (χ0n) is 25.5. The minimum atomic E-state index is 0.719. The first-order chi connectivity index (χ1) is 23.3. The summed E-state index contributed by atoms with van der Waals surface area (Å²) in [5.74, 6) is 0.719. The molecular formula is C44H28N2S. The van der Waals surface area contributed by atoms with Gasteiger partial charge in [-0.2, -0.15) is 0 Å². The highest BCUT2D eigenvalue weighted by Gasteiger charge is 2.16. The molecule has 9 aromatic rings. The molecule has 0 unspecified atom stereocenters. The Balaban J connectivity index is 1.31. The number of thiophene rings is 1. The maximum Gasteiger partial charge on any atom is 0.161 e. The van der Waals surface area contributed by atoms with Gasteiger partial charge in [0.25, 0.3) is 0 Å². The van der Waals surface area contributed by atoms with Crippen molar-refractivity contribution in [3.63, 3.8) is 0 Å². The first-order valence-electron chi connectivity index (χ1n) is 15.8. The number of aromatic nitrogens is 2. The zero-order chi connectivity index (χ0) is 31.2. The van der Waals surface area contributed by atoms with Gasteiger partial charge in [-0.25, -0.2) is 9.97 Å². The Kier molecular flexibility index (Phi) is 6.69. The van der Waals surface area contributed by atoms with E-state index in [-0.39, 0.29) is 0 Å². The molecule has 0 aliphatic carbocycles. The fourth-order valence-corrected chi connectivity index (χ4v) is 7.83. The lowest BCUT2D eigenvalue weighted by molar-refractivity contribution is 1.19. The molecule has 0 bridgehead atoms. The van der Waals surface area contributed by atoms with Crippen molar-refractivity contribution in [2.75, 3.05) is 0 Å². The van der Waals surface area contributed by atoms with Crippen LogP contribution in [0.2, 0.25) is 0 Å². The van der Waals surface area contributed by atoms with Crippen LogP contribution >= 0.6 is 11.3 Å². The Morgan fingerprint density at radius 3 is 1.77 bits per heavy atom. The van der Waals surface area contributed by atoms with Crippen molar-refractivity contribution in [2.24, 2.45) is 0 Å². The van der Waals surface area contributed by atoms with Gasteiger partial charge < -0.3 is 0 Å². The third kappa shape index (κ3) is 4.98. The first-order valence-corrected chi connectivity index (χ1v) is 16.6. The third-order valence-corrected chi connectivity index (χ3v) is 10.1. The van der Waals surface area contributed by atoms with Crippen LogP contribution in [0.5, 0.6) is 0 Å². The fraction of sp³-hybridized carbons (Fsp3) is 0. The molecule has 2 nitrogen and oxygen atoms in total. The van der Waals surface area contributed by atoms with Gasteiger partial charge in [0, 0.05) is 36.9 Å². The molecule has 0 atom stereocenters. The summed E-state index contributed by atoms with van der Waals surface area (Å²) in [6.45, 7) is 0. The zero-order valence-corrected chi connectivity index (χ0v) is 26.3. The second-order valence-corrected chi connectivity index (χ2v) is 12.9. The maximum absolute atomic E-state index is 5.31. The SMILES string of the molecule is c1ccc(-c2cc(-c3cc(-c4ccccc4)nc(-c4cccc5ccccc45)n3)cc(-c3cccc4c3sc3ccccc34)c2)cc1. The van der Waals surface area contributed by atoms with E-state index in [0.717, 1.165) is 44.9 Å². The molecule has 0 saturated heterocycles. The molecule has 0 amide bonds. The minimum absolute atomic E-state index is 0.719. The molecule has 0 aliphatic rings. The van der Waals surface area contributed by atoms with Crippen molar-refractivity contribution in [1.29, 1.82) is 0 Å². The highest BCUT2D eigenvalue weighted by Crippen LogP contribution is 2.42. The Bertz CT molecular complexity index is 2560. The summed E-state index contributed by atoms with van der Waals surface area (Å²) >= 11 is 1.86. The molecule has 47 heavy (non-hydrogen) atoms. The van der Waals surface area contributed by atoms with Crippen LogP contribution in [0.15, 0.2) is 170 Å². The second kappa shape index (κ2) is 11.5. The van der Waals surface area contributed by atoms with Gasteiger partial charge in [-0.15, -0.1) is 11.3 Å². The van der Waals surface area contributed by atoms with Gasteiger partial charge in [0.05, 0.1) is 11.4 Å². The molecule has 9 rings (SSSR count). The van der Waals surface area contributed by atoms with Crippen LogP contribution in [0, 0.1) is 0 Å². The Morgan fingerprint density at radius 2 is 0.936 bits per heavy atom. The molecule has 0 fully saturated rings. The second-order valence-electron chi connectivity index (χ2n) is 11.8. The minimum Gasteiger partial charge on any atom is -0.228 e. The number of rotatable bonds is 5. The van der Waals surface area contributed by atoms with E-state index in [1.54, 1.807) is 0 Å². The van der Waals surface area contributed by atoms with Crippen LogP contribution in [-0.4, -0.2) is 9.97 Å². The predicted molar refractivity (Wildman–Crippen MR) is 200 cm³/mol. The molecule has 220 valence electrons. The number of fused-ring (bicyclic) bond motifs is 4. The predicted octanol–water partition coefficient (Wildman–Crippen LogP) is 12.3. The first kappa shape index (κ1) is 27.4. The van der Waals surface area contributed by atoms with Crippen LogP contribution in [0.25, 0.3) is 87.1 Å². The lowest BCUT2D eigenvalue weighted by Crippen LogP contribution is -1.97. The van der Waals surface area contributed by atoms with Gasteiger partial charge in [-0.05, 0) is 63.4 Å². The van der Waals surface area contributed by atoms with E-state index in [1.807, 2.05) is 17.4 Å². The van der Waals surface area contributed by atoms with Gasteiger partial charge in [0.15, 0.2) is 5.82 Å². The molecule has 0 radical (unpaired) electrons. The summed E-state index contributed by atoms with van der Waals surface area (Å²) in [5, 5.41) is 4.91. The number of hydrogen-bond donors (Lipinski definition) is 0. The third-order valence-electron chi connectivity index (χ3n) is 8.88. The molecule has 2 aromatic heterocycles. The molecule has 3 heteroatoms. The van der Waals surface area contributed by atoms with E-state index in [0.29, 0.717) is 0 Å². The molecular weight excluding hydrogens is 589 g/mol. The number of nitrogens with zero attached hydrogens (tertiary/aromatic N) is 2. The largest absolute Gasteiger partial charge is 0.228 e. The van der Waals surface area contributed by atoms with Crippen LogP contribution in [0.3, 0.4) is 0 Å². The van der Waals surface area contributed by atoms with Gasteiger partial charge in [0.1, 0.15) is 0 Å². The van der Waals surface area contributed by atoms with Gasteiger partial charge >= 0.3 is 0 Å². The van der Waals surface area contributed by atoms with Crippen LogP contribution in [-0.2, 0) is 0 Å². The maximum atomic E-state index is 5.31. The monoisotopic (exact) mass is 616 g/mol. The van der Waals surface area contributed by atoms with E-state index in [2.05, 4.69) is 164 Å². The lowest BCUT2D eigenvalue weighted by Gasteiger charge is -2.14. The van der Waals surface area contributed by atoms with E-state index < -0.39 is 0 Å². The van der Waals surface area contributed by atoms with Crippen molar-refractivity contribution in [3.05, 3.63) is 170 Å². The van der Waals surface area contributed by atoms with Crippen molar-refractivity contribution < 1.29 is 0 Å². The molecule has 7 aromatic carbocycles.